The molecule has 0 spiro atoms. The molecule has 1 aliphatic heterocycles. The predicted octanol–water partition coefficient (Wildman–Crippen LogP) is 2.49. The normalized spacial score (nSPS) is 13.4. The van der Waals surface area contributed by atoms with E-state index >= 15 is 0 Å². The summed E-state index contributed by atoms with van der Waals surface area (Å²) in [5, 5.41) is 8.41. The average Bonchev–Trinajstić information content (AvgIpc) is 2.39. The SMILES string of the molecule is CCCCNC(=O)Nc1ccc2c(c1)CCC(=O)N2. The van der Waals surface area contributed by atoms with Gasteiger partial charge in [0.25, 0.3) is 0 Å². The van der Waals surface area contributed by atoms with Gasteiger partial charge in [-0.25, -0.2) is 4.79 Å². The van der Waals surface area contributed by atoms with Crippen molar-refractivity contribution in [2.75, 3.05) is 17.2 Å². The van der Waals surface area contributed by atoms with Crippen molar-refractivity contribution in [3.63, 3.8) is 0 Å². The van der Waals surface area contributed by atoms with E-state index in [1.54, 1.807) is 6.07 Å². The highest BCUT2D eigenvalue weighted by atomic mass is 16.2. The minimum absolute atomic E-state index is 0.0468. The van der Waals surface area contributed by atoms with Crippen LogP contribution in [0.4, 0.5) is 16.2 Å². The van der Waals surface area contributed by atoms with E-state index < -0.39 is 0 Å². The van der Waals surface area contributed by atoms with Gasteiger partial charge >= 0.3 is 6.03 Å². The van der Waals surface area contributed by atoms with E-state index in [-0.39, 0.29) is 11.9 Å². The number of hydrogen-bond acceptors (Lipinski definition) is 2. The summed E-state index contributed by atoms with van der Waals surface area (Å²) < 4.78 is 0. The standard InChI is InChI=1S/C14H19N3O2/c1-2-3-8-15-14(19)16-11-5-6-12-10(9-11)4-7-13(18)17-12/h5-6,9H,2-4,7-8H2,1H3,(H,17,18)(H2,15,16,19). The zero-order chi connectivity index (χ0) is 13.7. The molecule has 3 N–H and O–H groups in total. The zero-order valence-corrected chi connectivity index (χ0v) is 11.1. The van der Waals surface area contributed by atoms with Gasteiger partial charge in [0, 0.05) is 24.3 Å². The van der Waals surface area contributed by atoms with E-state index in [1.165, 1.54) is 0 Å². The Kier molecular flexibility index (Phi) is 4.39. The molecule has 1 heterocycles. The van der Waals surface area contributed by atoms with Crippen molar-refractivity contribution < 1.29 is 9.59 Å². The molecule has 0 aromatic heterocycles. The Labute approximate surface area is 112 Å². The molecular weight excluding hydrogens is 242 g/mol. The number of amides is 3. The Bertz CT molecular complexity index is 486. The van der Waals surface area contributed by atoms with Crippen molar-refractivity contribution in [2.45, 2.75) is 32.6 Å². The number of carbonyl (C=O) groups is 2. The Morgan fingerprint density at radius 2 is 2.21 bits per heavy atom. The van der Waals surface area contributed by atoms with Gasteiger partial charge in [-0.05, 0) is 36.6 Å². The first-order valence-electron chi connectivity index (χ1n) is 6.66. The third kappa shape index (κ3) is 3.71. The van der Waals surface area contributed by atoms with Crippen molar-refractivity contribution in [1.29, 1.82) is 0 Å². The van der Waals surface area contributed by atoms with Gasteiger partial charge in [0.2, 0.25) is 5.91 Å². The quantitative estimate of drug-likeness (QED) is 0.729. The molecule has 2 rings (SSSR count). The van der Waals surface area contributed by atoms with Gasteiger partial charge in [-0.2, -0.15) is 0 Å². The van der Waals surface area contributed by atoms with Crippen molar-refractivity contribution in [1.82, 2.24) is 5.32 Å². The van der Waals surface area contributed by atoms with E-state index in [4.69, 9.17) is 0 Å². The van der Waals surface area contributed by atoms with Crippen LogP contribution in [-0.4, -0.2) is 18.5 Å². The molecule has 5 nitrogen and oxygen atoms in total. The first-order chi connectivity index (χ1) is 9.19. The van der Waals surface area contributed by atoms with Crippen LogP contribution in [0.3, 0.4) is 0 Å². The van der Waals surface area contributed by atoms with Gasteiger partial charge in [-0.15, -0.1) is 0 Å². The van der Waals surface area contributed by atoms with Crippen LogP contribution in [0, 0.1) is 0 Å². The summed E-state index contributed by atoms with van der Waals surface area (Å²) in [6.07, 6.45) is 3.25. The summed E-state index contributed by atoms with van der Waals surface area (Å²) in [6.45, 7) is 2.76. The first-order valence-corrected chi connectivity index (χ1v) is 6.66. The topological polar surface area (TPSA) is 70.2 Å². The van der Waals surface area contributed by atoms with E-state index in [1.807, 2.05) is 12.1 Å². The Morgan fingerprint density at radius 1 is 1.37 bits per heavy atom. The van der Waals surface area contributed by atoms with E-state index in [0.29, 0.717) is 19.4 Å². The smallest absolute Gasteiger partial charge is 0.319 e. The highest BCUT2D eigenvalue weighted by Gasteiger charge is 2.15. The van der Waals surface area contributed by atoms with Crippen molar-refractivity contribution in [3.05, 3.63) is 23.8 Å². The lowest BCUT2D eigenvalue weighted by atomic mass is 10.0. The Balaban J connectivity index is 1.95. The maximum absolute atomic E-state index is 11.6. The van der Waals surface area contributed by atoms with Crippen LogP contribution < -0.4 is 16.0 Å². The summed E-state index contributed by atoms with van der Waals surface area (Å²) in [6, 6.07) is 5.35. The number of urea groups is 1. The van der Waals surface area contributed by atoms with Crippen molar-refractivity contribution >= 4 is 23.3 Å². The molecule has 19 heavy (non-hydrogen) atoms. The highest BCUT2D eigenvalue weighted by molar-refractivity contribution is 5.95. The average molecular weight is 261 g/mol. The Morgan fingerprint density at radius 3 is 3.00 bits per heavy atom. The minimum Gasteiger partial charge on any atom is -0.338 e. The van der Waals surface area contributed by atoms with Gasteiger partial charge in [-0.1, -0.05) is 13.3 Å². The molecule has 0 aliphatic carbocycles. The monoisotopic (exact) mass is 261 g/mol. The lowest BCUT2D eigenvalue weighted by Crippen LogP contribution is -2.29. The molecule has 102 valence electrons. The molecular formula is C14H19N3O2. The van der Waals surface area contributed by atoms with Crippen LogP contribution in [0.15, 0.2) is 18.2 Å². The van der Waals surface area contributed by atoms with Crippen LogP contribution in [0.25, 0.3) is 0 Å². The van der Waals surface area contributed by atoms with Crippen LogP contribution in [0.5, 0.6) is 0 Å². The molecule has 0 atom stereocenters. The first kappa shape index (κ1) is 13.4. The molecule has 0 bridgehead atoms. The molecule has 0 saturated carbocycles. The minimum atomic E-state index is -0.187. The number of hydrogen-bond donors (Lipinski definition) is 3. The van der Waals surface area contributed by atoms with Crippen LogP contribution >= 0.6 is 0 Å². The molecule has 1 aromatic carbocycles. The fraction of sp³-hybridized carbons (Fsp3) is 0.429. The zero-order valence-electron chi connectivity index (χ0n) is 11.1. The number of nitrogens with one attached hydrogen (secondary N) is 3. The molecule has 0 saturated heterocycles. The van der Waals surface area contributed by atoms with Gasteiger partial charge in [0.1, 0.15) is 0 Å². The van der Waals surface area contributed by atoms with Gasteiger partial charge in [0.15, 0.2) is 0 Å². The highest BCUT2D eigenvalue weighted by Crippen LogP contribution is 2.25. The van der Waals surface area contributed by atoms with E-state index in [0.717, 1.165) is 29.8 Å². The summed E-state index contributed by atoms with van der Waals surface area (Å²) >= 11 is 0. The fourth-order valence-electron chi connectivity index (χ4n) is 2.02. The summed E-state index contributed by atoms with van der Waals surface area (Å²) in [7, 11) is 0. The summed E-state index contributed by atoms with van der Waals surface area (Å²) in [4.78, 5) is 22.9. The molecule has 0 unspecified atom stereocenters. The largest absolute Gasteiger partial charge is 0.338 e. The fourth-order valence-corrected chi connectivity index (χ4v) is 2.02. The lowest BCUT2D eigenvalue weighted by molar-refractivity contribution is -0.116. The number of benzene rings is 1. The molecule has 0 radical (unpaired) electrons. The Hall–Kier alpha value is -2.04. The molecule has 1 aliphatic rings. The third-order valence-corrected chi connectivity index (χ3v) is 3.07. The number of unbranched alkanes of at least 4 members (excludes halogenated alkanes) is 1. The number of fused-ring (bicyclic) bond motifs is 1. The molecule has 1 aromatic rings. The number of anilines is 2. The van der Waals surface area contributed by atoms with Crippen LogP contribution in [-0.2, 0) is 11.2 Å². The van der Waals surface area contributed by atoms with Gasteiger partial charge < -0.3 is 16.0 Å². The lowest BCUT2D eigenvalue weighted by Gasteiger charge is -2.17. The molecule has 5 heteroatoms. The second-order valence-electron chi connectivity index (χ2n) is 4.65. The number of carbonyl (C=O) groups excluding carboxylic acids is 2. The number of aryl methyl sites for hydroxylation is 1. The van der Waals surface area contributed by atoms with Gasteiger partial charge in [0.05, 0.1) is 0 Å². The van der Waals surface area contributed by atoms with E-state index in [9.17, 15) is 9.59 Å². The maximum Gasteiger partial charge on any atom is 0.319 e. The second-order valence-corrected chi connectivity index (χ2v) is 4.65. The maximum atomic E-state index is 11.6. The summed E-state index contributed by atoms with van der Waals surface area (Å²) in [5.74, 6) is 0.0468. The predicted molar refractivity (Wildman–Crippen MR) is 75.3 cm³/mol. The van der Waals surface area contributed by atoms with Crippen molar-refractivity contribution in [3.8, 4) is 0 Å². The van der Waals surface area contributed by atoms with Gasteiger partial charge in [-0.3, -0.25) is 4.79 Å². The van der Waals surface area contributed by atoms with Crippen LogP contribution in [0.1, 0.15) is 31.7 Å². The summed E-state index contributed by atoms with van der Waals surface area (Å²) in [5.41, 5.74) is 2.66. The second kappa shape index (κ2) is 6.22. The van der Waals surface area contributed by atoms with Crippen molar-refractivity contribution in [2.24, 2.45) is 0 Å². The van der Waals surface area contributed by atoms with E-state index in [2.05, 4.69) is 22.9 Å². The molecule has 3 amide bonds. The molecule has 0 fully saturated rings. The number of rotatable bonds is 4. The third-order valence-electron chi connectivity index (χ3n) is 3.07. The van der Waals surface area contributed by atoms with Crippen LogP contribution in [0.2, 0.25) is 0 Å².